The third-order valence-electron chi connectivity index (χ3n) is 4.54. The minimum atomic E-state index is -0.208. The first-order valence-corrected chi connectivity index (χ1v) is 7.43. The average Bonchev–Trinajstić information content (AvgIpc) is 2.65. The predicted molar refractivity (Wildman–Crippen MR) is 66.9 cm³/mol. The largest absolute Gasteiger partial charge is 0.347 e. The molecule has 2 saturated heterocycles. The Labute approximate surface area is 104 Å². The van der Waals surface area contributed by atoms with Crippen molar-refractivity contribution in [3.05, 3.63) is 0 Å². The van der Waals surface area contributed by atoms with Crippen molar-refractivity contribution in [2.75, 3.05) is 13.2 Å². The predicted octanol–water partition coefficient (Wildman–Crippen LogP) is 2.59. The average molecular weight is 239 g/mol. The van der Waals surface area contributed by atoms with Crippen molar-refractivity contribution in [1.29, 1.82) is 0 Å². The molecule has 2 atom stereocenters. The second kappa shape index (κ2) is 5.25. The summed E-state index contributed by atoms with van der Waals surface area (Å²) >= 11 is 0. The van der Waals surface area contributed by atoms with Crippen molar-refractivity contribution in [3.8, 4) is 0 Å². The quantitative estimate of drug-likeness (QED) is 0.763. The zero-order chi connectivity index (χ0) is 11.6. The molecule has 0 amide bonds. The van der Waals surface area contributed by atoms with Crippen LogP contribution >= 0.6 is 0 Å². The highest BCUT2D eigenvalue weighted by Gasteiger charge is 2.44. The van der Waals surface area contributed by atoms with Crippen molar-refractivity contribution in [1.82, 2.24) is 5.32 Å². The molecule has 98 valence electrons. The van der Waals surface area contributed by atoms with Crippen molar-refractivity contribution >= 4 is 0 Å². The van der Waals surface area contributed by atoms with Gasteiger partial charge < -0.3 is 14.8 Å². The second-order valence-corrected chi connectivity index (χ2v) is 5.85. The zero-order valence-electron chi connectivity index (χ0n) is 10.7. The standard InChI is InChI=1S/C14H25NO2/c1-2-5-9-14(8-4-1)16-11-13(17-14)12-7-3-6-10-15-12/h12-13,15H,1-11H2. The molecule has 0 radical (unpaired) electrons. The van der Waals surface area contributed by atoms with E-state index in [1.54, 1.807) is 0 Å². The first-order chi connectivity index (χ1) is 8.38. The molecule has 1 N–H and O–H groups in total. The number of piperidine rings is 1. The Morgan fingerprint density at radius 3 is 2.47 bits per heavy atom. The summed E-state index contributed by atoms with van der Waals surface area (Å²) in [6, 6.07) is 0.534. The van der Waals surface area contributed by atoms with Crippen LogP contribution in [0.2, 0.25) is 0 Å². The molecule has 3 aliphatic rings. The molecule has 0 bridgehead atoms. The van der Waals surface area contributed by atoms with E-state index in [0.717, 1.165) is 26.0 Å². The van der Waals surface area contributed by atoms with Crippen LogP contribution in [-0.4, -0.2) is 31.1 Å². The molecule has 0 aromatic rings. The summed E-state index contributed by atoms with van der Waals surface area (Å²) < 4.78 is 12.4. The molecule has 2 unspecified atom stereocenters. The van der Waals surface area contributed by atoms with Gasteiger partial charge in [0.05, 0.1) is 12.7 Å². The third-order valence-corrected chi connectivity index (χ3v) is 4.54. The van der Waals surface area contributed by atoms with E-state index in [9.17, 15) is 0 Å². The Bertz CT molecular complexity index is 243. The fraction of sp³-hybridized carbons (Fsp3) is 1.00. The van der Waals surface area contributed by atoms with Gasteiger partial charge in [-0.15, -0.1) is 0 Å². The lowest BCUT2D eigenvalue weighted by molar-refractivity contribution is -0.179. The molecule has 17 heavy (non-hydrogen) atoms. The molecule has 0 aromatic carbocycles. The van der Waals surface area contributed by atoms with E-state index >= 15 is 0 Å². The lowest BCUT2D eigenvalue weighted by atomic mass is 10.0. The van der Waals surface area contributed by atoms with E-state index in [1.165, 1.54) is 44.9 Å². The molecule has 3 rings (SSSR count). The number of hydrogen-bond acceptors (Lipinski definition) is 3. The molecule has 1 spiro atoms. The zero-order valence-corrected chi connectivity index (χ0v) is 10.7. The minimum Gasteiger partial charge on any atom is -0.347 e. The van der Waals surface area contributed by atoms with Gasteiger partial charge in [-0.25, -0.2) is 0 Å². The Hall–Kier alpha value is -0.120. The molecule has 2 aliphatic heterocycles. The summed E-state index contributed by atoms with van der Waals surface area (Å²) in [5.41, 5.74) is 0. The summed E-state index contributed by atoms with van der Waals surface area (Å²) in [5, 5.41) is 3.59. The van der Waals surface area contributed by atoms with Crippen LogP contribution in [0.1, 0.15) is 57.8 Å². The van der Waals surface area contributed by atoms with Gasteiger partial charge >= 0.3 is 0 Å². The maximum atomic E-state index is 6.32. The Kier molecular flexibility index (Phi) is 3.69. The van der Waals surface area contributed by atoms with Crippen molar-refractivity contribution < 1.29 is 9.47 Å². The van der Waals surface area contributed by atoms with Crippen molar-refractivity contribution in [2.24, 2.45) is 0 Å². The van der Waals surface area contributed by atoms with Gasteiger partial charge in [-0.05, 0) is 32.2 Å². The van der Waals surface area contributed by atoms with Gasteiger partial charge in [-0.2, -0.15) is 0 Å². The van der Waals surface area contributed by atoms with Gasteiger partial charge in [0.2, 0.25) is 0 Å². The van der Waals surface area contributed by atoms with E-state index in [0.29, 0.717) is 12.1 Å². The fourth-order valence-corrected chi connectivity index (χ4v) is 3.50. The normalized spacial score (nSPS) is 38.1. The van der Waals surface area contributed by atoms with Crippen LogP contribution in [0.4, 0.5) is 0 Å². The molecule has 3 nitrogen and oxygen atoms in total. The van der Waals surface area contributed by atoms with E-state index in [1.807, 2.05) is 0 Å². The summed E-state index contributed by atoms with van der Waals surface area (Å²) in [6.45, 7) is 1.95. The monoisotopic (exact) mass is 239 g/mol. The first kappa shape index (κ1) is 11.9. The summed E-state index contributed by atoms with van der Waals surface area (Å²) in [4.78, 5) is 0. The minimum absolute atomic E-state index is 0.208. The number of rotatable bonds is 1. The molecular weight excluding hydrogens is 214 g/mol. The van der Waals surface area contributed by atoms with Gasteiger partial charge in [-0.3, -0.25) is 0 Å². The molecule has 3 fully saturated rings. The summed E-state index contributed by atoms with van der Waals surface area (Å²) in [5.74, 6) is -0.208. The van der Waals surface area contributed by atoms with E-state index < -0.39 is 0 Å². The fourth-order valence-electron chi connectivity index (χ4n) is 3.50. The van der Waals surface area contributed by atoms with Crippen molar-refractivity contribution in [3.63, 3.8) is 0 Å². The smallest absolute Gasteiger partial charge is 0.168 e. The number of hydrogen-bond donors (Lipinski definition) is 1. The lowest BCUT2D eigenvalue weighted by Crippen LogP contribution is -2.45. The van der Waals surface area contributed by atoms with Gasteiger partial charge in [0.25, 0.3) is 0 Å². The molecule has 1 saturated carbocycles. The van der Waals surface area contributed by atoms with Gasteiger partial charge in [0.15, 0.2) is 5.79 Å². The molecule has 0 aromatic heterocycles. The first-order valence-electron chi connectivity index (χ1n) is 7.43. The van der Waals surface area contributed by atoms with Gasteiger partial charge in [0.1, 0.15) is 0 Å². The Morgan fingerprint density at radius 1 is 0.941 bits per heavy atom. The maximum absolute atomic E-state index is 6.32. The number of nitrogens with one attached hydrogen (secondary N) is 1. The van der Waals surface area contributed by atoms with Crippen LogP contribution in [-0.2, 0) is 9.47 Å². The molecule has 1 aliphatic carbocycles. The molecular formula is C14H25NO2. The van der Waals surface area contributed by atoms with Crippen LogP contribution in [0.5, 0.6) is 0 Å². The highest BCUT2D eigenvalue weighted by molar-refractivity contribution is 4.88. The van der Waals surface area contributed by atoms with Crippen LogP contribution in [0.3, 0.4) is 0 Å². The van der Waals surface area contributed by atoms with Crippen LogP contribution in [0, 0.1) is 0 Å². The maximum Gasteiger partial charge on any atom is 0.168 e. The van der Waals surface area contributed by atoms with E-state index in [2.05, 4.69) is 5.32 Å². The molecule has 3 heteroatoms. The van der Waals surface area contributed by atoms with Crippen LogP contribution in [0.25, 0.3) is 0 Å². The van der Waals surface area contributed by atoms with E-state index in [-0.39, 0.29) is 5.79 Å². The van der Waals surface area contributed by atoms with Crippen molar-refractivity contribution in [2.45, 2.75) is 75.7 Å². The highest BCUT2D eigenvalue weighted by Crippen LogP contribution is 2.38. The lowest BCUT2D eigenvalue weighted by Gasteiger charge is -2.31. The summed E-state index contributed by atoms with van der Waals surface area (Å²) in [7, 11) is 0. The van der Waals surface area contributed by atoms with Gasteiger partial charge in [0, 0.05) is 18.9 Å². The Balaban J connectivity index is 1.59. The summed E-state index contributed by atoms with van der Waals surface area (Å²) in [6.07, 6.45) is 11.7. The third kappa shape index (κ3) is 2.67. The second-order valence-electron chi connectivity index (χ2n) is 5.85. The number of ether oxygens (including phenoxy) is 2. The van der Waals surface area contributed by atoms with Crippen LogP contribution in [0.15, 0.2) is 0 Å². The SMILES string of the molecule is C1CCCC2(CC1)OCC(C1CCCCN1)O2. The molecule has 2 heterocycles. The van der Waals surface area contributed by atoms with Gasteiger partial charge in [-0.1, -0.05) is 19.3 Å². The van der Waals surface area contributed by atoms with E-state index in [4.69, 9.17) is 9.47 Å². The van der Waals surface area contributed by atoms with Crippen LogP contribution < -0.4 is 5.32 Å². The highest BCUT2D eigenvalue weighted by atomic mass is 16.7. The Morgan fingerprint density at radius 2 is 1.76 bits per heavy atom. The topological polar surface area (TPSA) is 30.5 Å².